The normalized spacial score (nSPS) is 26.7. The van der Waals surface area contributed by atoms with Crippen LogP contribution < -0.4 is 4.83 Å². The highest BCUT2D eigenvalue weighted by Gasteiger charge is 2.61. The van der Waals surface area contributed by atoms with Gasteiger partial charge >= 0.3 is 0 Å². The Kier molecular flexibility index (Phi) is 5.25. The molecule has 2 saturated carbocycles. The zero-order chi connectivity index (χ0) is 20.6. The SMILES string of the molecule is Cc1ccc(S(=O)(=O)N/N=C2\C[C@H]3[C@@H](C[C@H]2OCc2ccccc2)C3(C)C)cc1. The summed E-state index contributed by atoms with van der Waals surface area (Å²) in [5, 5.41) is 4.34. The molecule has 0 aromatic heterocycles. The summed E-state index contributed by atoms with van der Waals surface area (Å²) in [6.07, 6.45) is 1.49. The molecule has 29 heavy (non-hydrogen) atoms. The monoisotopic (exact) mass is 412 g/mol. The van der Waals surface area contributed by atoms with Gasteiger partial charge < -0.3 is 4.74 Å². The predicted octanol–water partition coefficient (Wildman–Crippen LogP) is 4.28. The van der Waals surface area contributed by atoms with Crippen molar-refractivity contribution in [3.8, 4) is 0 Å². The summed E-state index contributed by atoms with van der Waals surface area (Å²) in [7, 11) is -3.69. The molecule has 0 heterocycles. The van der Waals surface area contributed by atoms with Gasteiger partial charge in [0.05, 0.1) is 23.3 Å². The van der Waals surface area contributed by atoms with Gasteiger partial charge in [-0.05, 0) is 54.7 Å². The highest BCUT2D eigenvalue weighted by Crippen LogP contribution is 2.64. The quantitative estimate of drug-likeness (QED) is 0.720. The fraction of sp³-hybridized carbons (Fsp3) is 0.435. The van der Waals surface area contributed by atoms with Gasteiger partial charge in [-0.25, -0.2) is 4.83 Å². The van der Waals surface area contributed by atoms with Crippen LogP contribution in [0.3, 0.4) is 0 Å². The number of hydrogen-bond acceptors (Lipinski definition) is 4. The molecular weight excluding hydrogens is 384 g/mol. The van der Waals surface area contributed by atoms with Crippen molar-refractivity contribution >= 4 is 15.7 Å². The minimum Gasteiger partial charge on any atom is -0.368 e. The molecule has 2 aliphatic carbocycles. The number of rotatable bonds is 6. The van der Waals surface area contributed by atoms with Crippen molar-refractivity contribution in [1.82, 2.24) is 4.83 Å². The van der Waals surface area contributed by atoms with Crippen LogP contribution >= 0.6 is 0 Å². The highest BCUT2D eigenvalue weighted by atomic mass is 32.2. The van der Waals surface area contributed by atoms with Crippen LogP contribution in [0, 0.1) is 24.2 Å². The minimum atomic E-state index is -3.69. The van der Waals surface area contributed by atoms with E-state index in [1.165, 1.54) is 0 Å². The summed E-state index contributed by atoms with van der Waals surface area (Å²) < 4.78 is 31.5. The third-order valence-corrected chi connectivity index (χ3v) is 7.72. The summed E-state index contributed by atoms with van der Waals surface area (Å²) >= 11 is 0. The van der Waals surface area contributed by atoms with Crippen LogP contribution in [0.4, 0.5) is 0 Å². The van der Waals surface area contributed by atoms with Crippen molar-refractivity contribution in [2.45, 2.75) is 51.2 Å². The molecular formula is C23H28N2O3S. The third kappa shape index (κ3) is 4.23. The van der Waals surface area contributed by atoms with Crippen molar-refractivity contribution in [3.05, 3.63) is 65.7 Å². The van der Waals surface area contributed by atoms with E-state index in [-0.39, 0.29) is 16.4 Å². The molecule has 4 rings (SSSR count). The average Bonchev–Trinajstić information content (AvgIpc) is 3.25. The summed E-state index contributed by atoms with van der Waals surface area (Å²) in [5.41, 5.74) is 3.17. The maximum atomic E-state index is 12.6. The van der Waals surface area contributed by atoms with Crippen molar-refractivity contribution < 1.29 is 13.2 Å². The zero-order valence-electron chi connectivity index (χ0n) is 17.1. The molecule has 2 fully saturated rings. The van der Waals surface area contributed by atoms with Crippen LogP contribution in [0.25, 0.3) is 0 Å². The fourth-order valence-electron chi connectivity index (χ4n) is 4.40. The second-order valence-corrected chi connectivity index (χ2v) is 10.4. The van der Waals surface area contributed by atoms with Crippen LogP contribution in [0.2, 0.25) is 0 Å². The molecule has 0 aliphatic heterocycles. The third-order valence-electron chi connectivity index (χ3n) is 6.49. The largest absolute Gasteiger partial charge is 0.368 e. The molecule has 2 aliphatic rings. The van der Waals surface area contributed by atoms with Crippen LogP contribution in [0.1, 0.15) is 37.8 Å². The lowest BCUT2D eigenvalue weighted by Crippen LogP contribution is -2.32. The maximum Gasteiger partial charge on any atom is 0.276 e. The lowest BCUT2D eigenvalue weighted by atomic mass is 9.95. The van der Waals surface area contributed by atoms with E-state index in [0.717, 1.165) is 29.7 Å². The maximum absolute atomic E-state index is 12.6. The number of hydrazone groups is 1. The van der Waals surface area contributed by atoms with Gasteiger partial charge in [-0.15, -0.1) is 0 Å². The molecule has 154 valence electrons. The van der Waals surface area contributed by atoms with Crippen LogP contribution in [-0.2, 0) is 21.4 Å². The first-order valence-corrected chi connectivity index (χ1v) is 11.6. The van der Waals surface area contributed by atoms with E-state index in [0.29, 0.717) is 18.4 Å². The smallest absolute Gasteiger partial charge is 0.276 e. The van der Waals surface area contributed by atoms with Crippen molar-refractivity contribution in [1.29, 1.82) is 0 Å². The Balaban J connectivity index is 1.51. The first-order chi connectivity index (χ1) is 13.8. The summed E-state index contributed by atoms with van der Waals surface area (Å²) in [6.45, 7) is 6.97. The molecule has 0 radical (unpaired) electrons. The molecule has 2 aromatic carbocycles. The molecule has 0 amide bonds. The Hall–Kier alpha value is -2.18. The van der Waals surface area contributed by atoms with Crippen LogP contribution in [-0.4, -0.2) is 20.2 Å². The summed E-state index contributed by atoms with van der Waals surface area (Å²) in [4.78, 5) is 2.66. The average molecular weight is 413 g/mol. The Labute approximate surface area is 173 Å². The molecule has 5 nitrogen and oxygen atoms in total. The van der Waals surface area contributed by atoms with E-state index in [2.05, 4.69) is 23.8 Å². The van der Waals surface area contributed by atoms with E-state index in [1.807, 2.05) is 37.3 Å². The van der Waals surface area contributed by atoms with Gasteiger partial charge in [-0.2, -0.15) is 13.5 Å². The molecule has 0 bridgehead atoms. The van der Waals surface area contributed by atoms with Crippen LogP contribution in [0.15, 0.2) is 64.6 Å². The molecule has 0 unspecified atom stereocenters. The van der Waals surface area contributed by atoms with E-state index in [4.69, 9.17) is 4.74 Å². The Morgan fingerprint density at radius 1 is 1.07 bits per heavy atom. The van der Waals surface area contributed by atoms with Gasteiger partial charge in [0.2, 0.25) is 0 Å². The van der Waals surface area contributed by atoms with E-state index in [1.54, 1.807) is 24.3 Å². The Bertz CT molecular complexity index is 998. The van der Waals surface area contributed by atoms with Gasteiger partial charge in [-0.3, -0.25) is 0 Å². The Morgan fingerprint density at radius 3 is 2.45 bits per heavy atom. The van der Waals surface area contributed by atoms with Gasteiger partial charge in [0.15, 0.2) is 0 Å². The van der Waals surface area contributed by atoms with Crippen molar-refractivity contribution in [2.75, 3.05) is 0 Å². The molecule has 2 aromatic rings. The number of nitrogens with zero attached hydrogens (tertiary/aromatic N) is 1. The second kappa shape index (κ2) is 7.58. The van der Waals surface area contributed by atoms with Gasteiger partial charge in [0.25, 0.3) is 10.0 Å². The number of fused-ring (bicyclic) bond motifs is 1. The zero-order valence-corrected chi connectivity index (χ0v) is 17.9. The molecule has 1 N–H and O–H groups in total. The molecule has 6 heteroatoms. The van der Waals surface area contributed by atoms with Gasteiger partial charge in [-0.1, -0.05) is 61.9 Å². The van der Waals surface area contributed by atoms with Crippen molar-refractivity contribution in [2.24, 2.45) is 22.4 Å². The van der Waals surface area contributed by atoms with E-state index in [9.17, 15) is 8.42 Å². The van der Waals surface area contributed by atoms with E-state index >= 15 is 0 Å². The minimum absolute atomic E-state index is 0.168. The lowest BCUT2D eigenvalue weighted by molar-refractivity contribution is 0.0675. The first-order valence-electron chi connectivity index (χ1n) is 10.1. The number of benzene rings is 2. The topological polar surface area (TPSA) is 67.8 Å². The number of aryl methyl sites for hydroxylation is 1. The highest BCUT2D eigenvalue weighted by molar-refractivity contribution is 7.89. The summed E-state index contributed by atoms with van der Waals surface area (Å²) in [5.74, 6) is 1.15. The fourth-order valence-corrected chi connectivity index (χ4v) is 5.23. The number of sulfonamides is 1. The molecule has 0 spiro atoms. The second-order valence-electron chi connectivity index (χ2n) is 8.77. The Morgan fingerprint density at radius 2 is 1.76 bits per heavy atom. The first kappa shape index (κ1) is 20.1. The van der Waals surface area contributed by atoms with Crippen LogP contribution in [0.5, 0.6) is 0 Å². The lowest BCUT2D eigenvalue weighted by Gasteiger charge is -2.24. The van der Waals surface area contributed by atoms with Gasteiger partial charge in [0.1, 0.15) is 0 Å². The number of hydrogen-bond donors (Lipinski definition) is 1. The summed E-state index contributed by atoms with van der Waals surface area (Å²) in [6, 6.07) is 16.8. The molecule has 0 saturated heterocycles. The number of nitrogens with one attached hydrogen (secondary N) is 1. The predicted molar refractivity (Wildman–Crippen MR) is 114 cm³/mol. The van der Waals surface area contributed by atoms with E-state index < -0.39 is 10.0 Å². The number of ether oxygens (including phenoxy) is 1. The van der Waals surface area contributed by atoms with Crippen molar-refractivity contribution in [3.63, 3.8) is 0 Å². The standard InChI is InChI=1S/C23H28N2O3S/c1-16-9-11-18(12-10-16)29(26,27)25-24-21-13-19-20(23(19,2)3)14-22(21)28-15-17-7-5-4-6-8-17/h4-12,19-20,22,25H,13-15H2,1-3H3/b24-21+/t19-,20+,22+/m0/s1. The molecule has 3 atom stereocenters. The van der Waals surface area contributed by atoms with Gasteiger partial charge in [0, 0.05) is 0 Å².